The minimum atomic E-state index is -0.792. The van der Waals surface area contributed by atoms with Crippen molar-refractivity contribution < 1.29 is 13.5 Å². The van der Waals surface area contributed by atoms with Gasteiger partial charge in [0.25, 0.3) is 0 Å². The number of benzene rings is 1. The maximum Gasteiger partial charge on any atom is 0.163 e. The Morgan fingerprint density at radius 2 is 2.05 bits per heavy atom. The molecule has 19 heavy (non-hydrogen) atoms. The molecule has 5 heteroatoms. The molecule has 106 valence electrons. The molecular formula is C14H20F2N2O. The summed E-state index contributed by atoms with van der Waals surface area (Å²) in [5, 5.41) is 3.23. The first-order valence-corrected chi connectivity index (χ1v) is 6.66. The number of hydrogen-bond donors (Lipinski definition) is 1. The third-order valence-electron chi connectivity index (χ3n) is 3.43. The van der Waals surface area contributed by atoms with Crippen molar-refractivity contribution in [1.29, 1.82) is 0 Å². The number of halogens is 2. The number of rotatable bonds is 5. The number of nitrogens with one attached hydrogen (secondary N) is 1. The summed E-state index contributed by atoms with van der Waals surface area (Å²) >= 11 is 0. The average molecular weight is 270 g/mol. The van der Waals surface area contributed by atoms with Gasteiger partial charge in [0.2, 0.25) is 0 Å². The van der Waals surface area contributed by atoms with Gasteiger partial charge in [-0.2, -0.15) is 0 Å². The lowest BCUT2D eigenvalue weighted by molar-refractivity contribution is 0.0382. The Morgan fingerprint density at radius 3 is 2.79 bits per heavy atom. The highest BCUT2D eigenvalue weighted by Gasteiger charge is 2.14. The maximum absolute atomic E-state index is 13.6. The van der Waals surface area contributed by atoms with Gasteiger partial charge >= 0.3 is 0 Å². The molecule has 1 atom stereocenters. The molecule has 1 heterocycles. The molecule has 1 aromatic carbocycles. The molecule has 0 saturated carbocycles. The van der Waals surface area contributed by atoms with Crippen LogP contribution in [0.3, 0.4) is 0 Å². The highest BCUT2D eigenvalue weighted by Crippen LogP contribution is 2.18. The average Bonchev–Trinajstić information content (AvgIpc) is 2.43. The standard InChI is InChI=1S/C14H20F2N2O/c1-11(12-3-2-4-13(15)14(12)16)17-5-6-18-7-9-19-10-8-18/h2-4,11,17H,5-10H2,1H3. The van der Waals surface area contributed by atoms with Gasteiger partial charge in [-0.1, -0.05) is 12.1 Å². The second kappa shape index (κ2) is 6.93. The summed E-state index contributed by atoms with van der Waals surface area (Å²) < 4.78 is 32.0. The summed E-state index contributed by atoms with van der Waals surface area (Å²) in [4.78, 5) is 2.30. The predicted molar refractivity (Wildman–Crippen MR) is 70.0 cm³/mol. The number of ether oxygens (including phenoxy) is 1. The molecule has 2 rings (SSSR count). The molecule has 1 unspecified atom stereocenters. The van der Waals surface area contributed by atoms with Gasteiger partial charge in [0.1, 0.15) is 0 Å². The Hall–Kier alpha value is -1.04. The van der Waals surface area contributed by atoms with Gasteiger partial charge in [0.15, 0.2) is 11.6 Å². The molecule has 0 aromatic heterocycles. The van der Waals surface area contributed by atoms with Crippen LogP contribution in [0.2, 0.25) is 0 Å². The van der Waals surface area contributed by atoms with E-state index in [2.05, 4.69) is 10.2 Å². The molecule has 1 saturated heterocycles. The summed E-state index contributed by atoms with van der Waals surface area (Å²) in [5.41, 5.74) is 0.377. The lowest BCUT2D eigenvalue weighted by Crippen LogP contribution is -2.40. The van der Waals surface area contributed by atoms with E-state index in [1.54, 1.807) is 6.07 Å². The van der Waals surface area contributed by atoms with Crippen LogP contribution in [-0.2, 0) is 4.74 Å². The zero-order chi connectivity index (χ0) is 13.7. The molecular weight excluding hydrogens is 250 g/mol. The van der Waals surface area contributed by atoms with E-state index in [-0.39, 0.29) is 6.04 Å². The van der Waals surface area contributed by atoms with Crippen molar-refractivity contribution in [2.24, 2.45) is 0 Å². The molecule has 1 aromatic rings. The SMILES string of the molecule is CC(NCCN1CCOCC1)c1cccc(F)c1F. The van der Waals surface area contributed by atoms with Gasteiger partial charge in [0, 0.05) is 37.8 Å². The van der Waals surface area contributed by atoms with E-state index in [0.29, 0.717) is 5.56 Å². The molecule has 1 aliphatic rings. The number of morpholine rings is 1. The van der Waals surface area contributed by atoms with E-state index in [1.807, 2.05) is 6.92 Å². The Labute approximate surface area is 112 Å². The Morgan fingerprint density at radius 1 is 1.32 bits per heavy atom. The molecule has 0 spiro atoms. The molecule has 1 fully saturated rings. The summed E-state index contributed by atoms with van der Waals surface area (Å²) in [5.74, 6) is -1.55. The van der Waals surface area contributed by atoms with Crippen LogP contribution in [0.5, 0.6) is 0 Å². The Balaban J connectivity index is 1.80. The molecule has 1 aliphatic heterocycles. The monoisotopic (exact) mass is 270 g/mol. The van der Waals surface area contributed by atoms with E-state index in [0.717, 1.165) is 45.5 Å². The zero-order valence-corrected chi connectivity index (χ0v) is 11.2. The van der Waals surface area contributed by atoms with Crippen molar-refractivity contribution in [3.63, 3.8) is 0 Å². The summed E-state index contributed by atoms with van der Waals surface area (Å²) in [6, 6.07) is 4.09. The highest BCUT2D eigenvalue weighted by atomic mass is 19.2. The first-order valence-electron chi connectivity index (χ1n) is 6.66. The molecule has 0 amide bonds. The summed E-state index contributed by atoms with van der Waals surface area (Å²) in [6.07, 6.45) is 0. The smallest absolute Gasteiger partial charge is 0.163 e. The maximum atomic E-state index is 13.6. The van der Waals surface area contributed by atoms with Crippen molar-refractivity contribution in [3.8, 4) is 0 Å². The molecule has 1 N–H and O–H groups in total. The first kappa shape index (κ1) is 14.4. The van der Waals surface area contributed by atoms with Crippen molar-refractivity contribution >= 4 is 0 Å². The van der Waals surface area contributed by atoms with E-state index in [9.17, 15) is 8.78 Å². The highest BCUT2D eigenvalue weighted by molar-refractivity contribution is 5.21. The van der Waals surface area contributed by atoms with Gasteiger partial charge < -0.3 is 10.1 Å². The first-order chi connectivity index (χ1) is 9.18. The topological polar surface area (TPSA) is 24.5 Å². The molecule has 0 radical (unpaired) electrons. The molecule has 3 nitrogen and oxygen atoms in total. The van der Waals surface area contributed by atoms with Crippen molar-refractivity contribution in [3.05, 3.63) is 35.4 Å². The summed E-state index contributed by atoms with van der Waals surface area (Å²) in [6.45, 7) is 6.90. The van der Waals surface area contributed by atoms with Crippen LogP contribution < -0.4 is 5.32 Å². The molecule has 0 bridgehead atoms. The lowest BCUT2D eigenvalue weighted by atomic mass is 10.1. The van der Waals surface area contributed by atoms with Gasteiger partial charge in [-0.15, -0.1) is 0 Å². The largest absolute Gasteiger partial charge is 0.379 e. The van der Waals surface area contributed by atoms with Crippen LogP contribution >= 0.6 is 0 Å². The molecule has 0 aliphatic carbocycles. The van der Waals surface area contributed by atoms with Crippen LogP contribution in [-0.4, -0.2) is 44.3 Å². The van der Waals surface area contributed by atoms with E-state index in [1.165, 1.54) is 6.07 Å². The minimum absolute atomic E-state index is 0.197. The number of hydrogen-bond acceptors (Lipinski definition) is 3. The fourth-order valence-corrected chi connectivity index (χ4v) is 2.23. The van der Waals surface area contributed by atoms with Crippen molar-refractivity contribution in [2.45, 2.75) is 13.0 Å². The predicted octanol–water partition coefficient (Wildman–Crippen LogP) is 1.95. The third kappa shape index (κ3) is 3.96. The van der Waals surface area contributed by atoms with Crippen LogP contribution in [0.25, 0.3) is 0 Å². The number of nitrogens with zero attached hydrogens (tertiary/aromatic N) is 1. The quantitative estimate of drug-likeness (QED) is 0.885. The minimum Gasteiger partial charge on any atom is -0.379 e. The Kier molecular flexibility index (Phi) is 5.24. The lowest BCUT2D eigenvalue weighted by Gasteiger charge is -2.27. The van der Waals surface area contributed by atoms with Gasteiger partial charge in [0.05, 0.1) is 13.2 Å². The third-order valence-corrected chi connectivity index (χ3v) is 3.43. The van der Waals surface area contributed by atoms with Gasteiger partial charge in [-0.25, -0.2) is 8.78 Å². The van der Waals surface area contributed by atoms with Gasteiger partial charge in [-0.05, 0) is 13.0 Å². The van der Waals surface area contributed by atoms with E-state index in [4.69, 9.17) is 4.74 Å². The van der Waals surface area contributed by atoms with Crippen LogP contribution in [0.1, 0.15) is 18.5 Å². The van der Waals surface area contributed by atoms with E-state index < -0.39 is 11.6 Å². The van der Waals surface area contributed by atoms with Crippen molar-refractivity contribution in [1.82, 2.24) is 10.2 Å². The van der Waals surface area contributed by atoms with E-state index >= 15 is 0 Å². The fraction of sp³-hybridized carbons (Fsp3) is 0.571. The van der Waals surface area contributed by atoms with Crippen molar-refractivity contribution in [2.75, 3.05) is 39.4 Å². The second-order valence-electron chi connectivity index (χ2n) is 4.77. The normalized spacial score (nSPS) is 18.5. The van der Waals surface area contributed by atoms with Crippen LogP contribution in [0, 0.1) is 11.6 Å². The Bertz CT molecular complexity index is 408. The zero-order valence-electron chi connectivity index (χ0n) is 11.2. The van der Waals surface area contributed by atoms with Gasteiger partial charge in [-0.3, -0.25) is 4.90 Å². The summed E-state index contributed by atoms with van der Waals surface area (Å²) in [7, 11) is 0. The van der Waals surface area contributed by atoms with Crippen LogP contribution in [0.15, 0.2) is 18.2 Å². The second-order valence-corrected chi connectivity index (χ2v) is 4.77. The fourth-order valence-electron chi connectivity index (χ4n) is 2.23. The van der Waals surface area contributed by atoms with Crippen LogP contribution in [0.4, 0.5) is 8.78 Å².